The van der Waals surface area contributed by atoms with Gasteiger partial charge >= 0.3 is 0 Å². The third-order valence-electron chi connectivity index (χ3n) is 2.14. The first-order chi connectivity index (χ1) is 7.43. The quantitative estimate of drug-likeness (QED) is 0.599. The lowest BCUT2D eigenvalue weighted by atomic mass is 10.3. The fourth-order valence-corrected chi connectivity index (χ4v) is 1.43. The van der Waals surface area contributed by atoms with Crippen LogP contribution < -0.4 is 0 Å². The summed E-state index contributed by atoms with van der Waals surface area (Å²) in [5, 5.41) is 0. The van der Waals surface area contributed by atoms with E-state index in [2.05, 4.69) is 16.0 Å². The van der Waals surface area contributed by atoms with Crippen molar-refractivity contribution < 1.29 is 4.42 Å². The van der Waals surface area contributed by atoms with Crippen LogP contribution in [-0.4, -0.2) is 9.97 Å². The Morgan fingerprint density at radius 3 is 3.07 bits per heavy atom. The highest BCUT2D eigenvalue weighted by Gasteiger charge is 2.06. The van der Waals surface area contributed by atoms with Crippen LogP contribution in [0, 0.1) is 6.07 Å². The van der Waals surface area contributed by atoms with Crippen LogP contribution in [0.25, 0.3) is 22.6 Å². The number of nitrogens with zero attached hydrogens (tertiary/aromatic N) is 2. The molecule has 15 heavy (non-hydrogen) atoms. The summed E-state index contributed by atoms with van der Waals surface area (Å²) in [6.45, 7) is 0. The standard InChI is InChI=1S/C12H7N2O/c1-2-6-11-10(5-1)14-12(15-11)9-4-3-7-13-8-9/h2-8H. The fourth-order valence-electron chi connectivity index (χ4n) is 1.43. The van der Waals surface area contributed by atoms with Crippen molar-refractivity contribution in [3.05, 3.63) is 48.8 Å². The van der Waals surface area contributed by atoms with Gasteiger partial charge in [0.25, 0.3) is 0 Å². The second-order valence-electron chi connectivity index (χ2n) is 3.15. The SMILES string of the molecule is [c]1ccc2oc(-c3cccnc3)nc2c1. The molecule has 0 saturated carbocycles. The summed E-state index contributed by atoms with van der Waals surface area (Å²) in [6.07, 6.45) is 3.45. The van der Waals surface area contributed by atoms with Crippen molar-refractivity contribution in [1.29, 1.82) is 0 Å². The molecule has 0 N–H and O–H groups in total. The Kier molecular flexibility index (Phi) is 1.75. The molecule has 3 aromatic rings. The van der Waals surface area contributed by atoms with E-state index in [9.17, 15) is 0 Å². The minimum absolute atomic E-state index is 0.595. The summed E-state index contributed by atoms with van der Waals surface area (Å²) >= 11 is 0. The minimum atomic E-state index is 0.595. The maximum Gasteiger partial charge on any atom is 0.228 e. The van der Waals surface area contributed by atoms with Gasteiger partial charge < -0.3 is 4.42 Å². The number of fused-ring (bicyclic) bond motifs is 1. The Labute approximate surface area is 86.4 Å². The molecule has 3 nitrogen and oxygen atoms in total. The van der Waals surface area contributed by atoms with E-state index in [1.54, 1.807) is 24.5 Å². The maximum absolute atomic E-state index is 5.58. The molecule has 1 aromatic carbocycles. The van der Waals surface area contributed by atoms with Gasteiger partial charge in [-0.25, -0.2) is 4.98 Å². The van der Waals surface area contributed by atoms with Crippen LogP contribution in [0.1, 0.15) is 0 Å². The number of hydrogen-bond acceptors (Lipinski definition) is 3. The smallest absolute Gasteiger partial charge is 0.228 e. The number of rotatable bonds is 1. The van der Waals surface area contributed by atoms with Crippen molar-refractivity contribution in [2.24, 2.45) is 0 Å². The van der Waals surface area contributed by atoms with E-state index in [0.29, 0.717) is 5.89 Å². The van der Waals surface area contributed by atoms with Crippen LogP contribution in [0.4, 0.5) is 0 Å². The van der Waals surface area contributed by atoms with E-state index in [4.69, 9.17) is 4.42 Å². The van der Waals surface area contributed by atoms with Gasteiger partial charge in [0.15, 0.2) is 5.58 Å². The second kappa shape index (κ2) is 3.20. The first kappa shape index (κ1) is 8.17. The predicted octanol–water partition coefficient (Wildman–Crippen LogP) is 2.69. The highest BCUT2D eigenvalue weighted by molar-refractivity contribution is 5.75. The highest BCUT2D eigenvalue weighted by Crippen LogP contribution is 2.22. The summed E-state index contributed by atoms with van der Waals surface area (Å²) in [7, 11) is 0. The first-order valence-corrected chi connectivity index (χ1v) is 4.60. The molecule has 0 amide bonds. The number of hydrogen-bond donors (Lipinski definition) is 0. The first-order valence-electron chi connectivity index (χ1n) is 4.60. The van der Waals surface area contributed by atoms with Gasteiger partial charge in [-0.3, -0.25) is 4.98 Å². The van der Waals surface area contributed by atoms with Gasteiger partial charge in [0, 0.05) is 12.4 Å². The van der Waals surface area contributed by atoms with Crippen LogP contribution >= 0.6 is 0 Å². The molecule has 3 heteroatoms. The highest BCUT2D eigenvalue weighted by atomic mass is 16.3. The zero-order valence-corrected chi connectivity index (χ0v) is 7.84. The zero-order chi connectivity index (χ0) is 10.1. The summed E-state index contributed by atoms with van der Waals surface area (Å²) in [5.74, 6) is 0.595. The number of pyridine rings is 1. The van der Waals surface area contributed by atoms with Crippen molar-refractivity contribution in [1.82, 2.24) is 9.97 Å². The lowest BCUT2D eigenvalue weighted by molar-refractivity contribution is 0.619. The van der Waals surface area contributed by atoms with Crippen LogP contribution in [0.3, 0.4) is 0 Å². The Morgan fingerprint density at radius 2 is 2.27 bits per heavy atom. The molecule has 0 fully saturated rings. The molecular weight excluding hydrogens is 188 g/mol. The molecule has 0 saturated heterocycles. The molecule has 2 aromatic heterocycles. The van der Waals surface area contributed by atoms with E-state index >= 15 is 0 Å². The zero-order valence-electron chi connectivity index (χ0n) is 7.84. The van der Waals surface area contributed by atoms with Gasteiger partial charge in [-0.05, 0) is 30.3 Å². The lowest BCUT2D eigenvalue weighted by Gasteiger charge is -1.90. The average Bonchev–Trinajstić information content (AvgIpc) is 2.74. The average molecular weight is 195 g/mol. The normalized spacial score (nSPS) is 10.7. The van der Waals surface area contributed by atoms with Crippen LogP contribution in [0.2, 0.25) is 0 Å². The monoisotopic (exact) mass is 195 g/mol. The van der Waals surface area contributed by atoms with Gasteiger partial charge in [0.2, 0.25) is 5.89 Å². The number of oxazole rings is 1. The van der Waals surface area contributed by atoms with Crippen molar-refractivity contribution in [3.63, 3.8) is 0 Å². The van der Waals surface area contributed by atoms with E-state index in [1.165, 1.54) is 0 Å². The molecule has 0 aliphatic heterocycles. The Hall–Kier alpha value is -2.16. The van der Waals surface area contributed by atoms with Crippen molar-refractivity contribution >= 4 is 11.1 Å². The Balaban J connectivity index is 2.21. The summed E-state index contributed by atoms with van der Waals surface area (Å²) < 4.78 is 5.58. The third kappa shape index (κ3) is 1.38. The van der Waals surface area contributed by atoms with E-state index in [-0.39, 0.29) is 0 Å². The molecule has 0 bridgehead atoms. The molecule has 0 atom stereocenters. The molecule has 1 radical (unpaired) electrons. The molecular formula is C12H7N2O. The van der Waals surface area contributed by atoms with Crippen LogP contribution in [0.5, 0.6) is 0 Å². The molecule has 3 rings (SSSR count). The van der Waals surface area contributed by atoms with Crippen molar-refractivity contribution in [2.75, 3.05) is 0 Å². The minimum Gasteiger partial charge on any atom is -0.436 e. The molecule has 0 spiro atoms. The van der Waals surface area contributed by atoms with Gasteiger partial charge in [-0.15, -0.1) is 0 Å². The number of aromatic nitrogens is 2. The summed E-state index contributed by atoms with van der Waals surface area (Å²) in [6, 6.07) is 12.2. The Bertz CT molecular complexity index is 554. The molecule has 71 valence electrons. The largest absolute Gasteiger partial charge is 0.436 e. The topological polar surface area (TPSA) is 38.9 Å². The molecule has 0 unspecified atom stereocenters. The van der Waals surface area contributed by atoms with Gasteiger partial charge in [-0.1, -0.05) is 6.07 Å². The van der Waals surface area contributed by atoms with Crippen molar-refractivity contribution in [2.45, 2.75) is 0 Å². The predicted molar refractivity (Wildman–Crippen MR) is 56.1 cm³/mol. The lowest BCUT2D eigenvalue weighted by Crippen LogP contribution is -1.77. The fraction of sp³-hybridized carbons (Fsp3) is 0. The summed E-state index contributed by atoms with van der Waals surface area (Å²) in [4.78, 5) is 8.37. The third-order valence-corrected chi connectivity index (χ3v) is 2.14. The Morgan fingerprint density at radius 1 is 1.27 bits per heavy atom. The molecule has 0 aliphatic rings. The van der Waals surface area contributed by atoms with E-state index < -0.39 is 0 Å². The van der Waals surface area contributed by atoms with Gasteiger partial charge in [0.05, 0.1) is 5.56 Å². The van der Waals surface area contributed by atoms with E-state index in [1.807, 2.05) is 18.2 Å². The van der Waals surface area contributed by atoms with Crippen LogP contribution in [0.15, 0.2) is 47.1 Å². The van der Waals surface area contributed by atoms with Gasteiger partial charge in [0.1, 0.15) is 5.52 Å². The molecule has 0 aliphatic carbocycles. The second-order valence-corrected chi connectivity index (χ2v) is 3.15. The summed E-state index contributed by atoms with van der Waals surface area (Å²) in [5.41, 5.74) is 2.47. The maximum atomic E-state index is 5.58. The van der Waals surface area contributed by atoms with Crippen LogP contribution in [-0.2, 0) is 0 Å². The van der Waals surface area contributed by atoms with E-state index in [0.717, 1.165) is 16.7 Å². The number of benzene rings is 1. The molecule has 2 heterocycles. The van der Waals surface area contributed by atoms with Crippen molar-refractivity contribution in [3.8, 4) is 11.5 Å². The van der Waals surface area contributed by atoms with Gasteiger partial charge in [-0.2, -0.15) is 0 Å².